The number of piperidine rings is 2. The van der Waals surface area contributed by atoms with Gasteiger partial charge in [0.25, 0.3) is 0 Å². The number of guanidine groups is 1. The Morgan fingerprint density at radius 1 is 1.23 bits per heavy atom. The number of nitrogens with zero attached hydrogens (tertiary/aromatic N) is 3. The predicted molar refractivity (Wildman–Crippen MR) is 92.1 cm³/mol. The molecule has 0 aliphatic carbocycles. The first-order valence-electron chi connectivity index (χ1n) is 8.75. The quantitative estimate of drug-likeness (QED) is 0.637. The third-order valence-corrected chi connectivity index (χ3v) is 5.24. The van der Waals surface area contributed by atoms with Crippen molar-refractivity contribution in [1.29, 1.82) is 0 Å². The van der Waals surface area contributed by atoms with E-state index in [9.17, 15) is 0 Å². The molecular formula is C17H34N4O. The molecule has 0 aromatic heterocycles. The average Bonchev–Trinajstić information content (AvgIpc) is 2.52. The van der Waals surface area contributed by atoms with E-state index < -0.39 is 0 Å². The Hall–Kier alpha value is -0.810. The van der Waals surface area contributed by atoms with E-state index in [-0.39, 0.29) is 5.54 Å². The summed E-state index contributed by atoms with van der Waals surface area (Å²) in [6.07, 6.45) is 5.19. The van der Waals surface area contributed by atoms with Gasteiger partial charge in [-0.25, -0.2) is 0 Å². The van der Waals surface area contributed by atoms with Crippen molar-refractivity contribution in [3.05, 3.63) is 0 Å². The molecule has 2 N–H and O–H groups in total. The first kappa shape index (κ1) is 17.5. The molecule has 22 heavy (non-hydrogen) atoms. The van der Waals surface area contributed by atoms with Gasteiger partial charge in [-0.2, -0.15) is 0 Å². The molecule has 2 heterocycles. The van der Waals surface area contributed by atoms with E-state index in [2.05, 4.69) is 30.6 Å². The van der Waals surface area contributed by atoms with E-state index in [4.69, 9.17) is 15.5 Å². The summed E-state index contributed by atoms with van der Waals surface area (Å²) in [7, 11) is 1.82. The van der Waals surface area contributed by atoms with Crippen LogP contribution in [-0.4, -0.2) is 67.2 Å². The van der Waals surface area contributed by atoms with E-state index in [0.717, 1.165) is 57.4 Å². The second kappa shape index (κ2) is 7.64. The molecule has 1 atom stereocenters. The normalized spacial score (nSPS) is 26.5. The minimum atomic E-state index is 0.0603. The van der Waals surface area contributed by atoms with Gasteiger partial charge in [-0.05, 0) is 45.4 Å². The molecule has 2 aliphatic heterocycles. The Labute approximate surface area is 135 Å². The lowest BCUT2D eigenvalue weighted by molar-refractivity contribution is 0.00904. The van der Waals surface area contributed by atoms with Crippen LogP contribution in [-0.2, 0) is 4.74 Å². The molecule has 0 aromatic rings. The number of ether oxygens (including phenoxy) is 1. The Kier molecular flexibility index (Phi) is 6.09. The monoisotopic (exact) mass is 310 g/mol. The minimum absolute atomic E-state index is 0.0603. The lowest BCUT2D eigenvalue weighted by atomic mass is 9.97. The summed E-state index contributed by atoms with van der Waals surface area (Å²) in [6.45, 7) is 11.9. The molecule has 0 bridgehead atoms. The summed E-state index contributed by atoms with van der Waals surface area (Å²) in [6, 6.07) is 0. The topological polar surface area (TPSA) is 54.1 Å². The van der Waals surface area contributed by atoms with Crippen LogP contribution in [0.3, 0.4) is 0 Å². The van der Waals surface area contributed by atoms with Crippen molar-refractivity contribution >= 4 is 5.96 Å². The summed E-state index contributed by atoms with van der Waals surface area (Å²) in [5.74, 6) is 1.45. The zero-order chi connectivity index (χ0) is 16.2. The van der Waals surface area contributed by atoms with Crippen molar-refractivity contribution in [1.82, 2.24) is 9.80 Å². The molecule has 0 radical (unpaired) electrons. The molecule has 0 saturated carbocycles. The molecule has 5 nitrogen and oxygen atoms in total. The fourth-order valence-corrected chi connectivity index (χ4v) is 3.57. The molecule has 2 saturated heterocycles. The van der Waals surface area contributed by atoms with Gasteiger partial charge in [0.15, 0.2) is 5.96 Å². The first-order valence-corrected chi connectivity index (χ1v) is 8.75. The third-order valence-electron chi connectivity index (χ3n) is 5.24. The van der Waals surface area contributed by atoms with Gasteiger partial charge in [-0.1, -0.05) is 6.92 Å². The number of rotatable bonds is 4. The molecule has 5 heteroatoms. The second-order valence-corrected chi connectivity index (χ2v) is 7.60. The fourth-order valence-electron chi connectivity index (χ4n) is 3.57. The smallest absolute Gasteiger partial charge is 0.191 e. The Bertz CT molecular complexity index is 375. The van der Waals surface area contributed by atoms with Gasteiger partial charge in [0, 0.05) is 38.8 Å². The number of hydrogen-bond acceptors (Lipinski definition) is 3. The number of nitrogens with two attached hydrogens (primary N) is 1. The van der Waals surface area contributed by atoms with Gasteiger partial charge in [-0.15, -0.1) is 0 Å². The summed E-state index contributed by atoms with van der Waals surface area (Å²) >= 11 is 0. The van der Waals surface area contributed by atoms with Crippen molar-refractivity contribution in [3.63, 3.8) is 0 Å². The zero-order valence-corrected chi connectivity index (χ0v) is 14.8. The van der Waals surface area contributed by atoms with Crippen LogP contribution in [0.1, 0.15) is 46.5 Å². The summed E-state index contributed by atoms with van der Waals surface area (Å²) in [5, 5.41) is 0. The standard InChI is InChI=1S/C17H34N4O/c1-14-6-5-9-20(12-14)16(18)19-13-17(2,3)21-10-7-15(22-4)8-11-21/h14-15H,5-13H2,1-4H3,(H2,18,19). The van der Waals surface area contributed by atoms with Crippen molar-refractivity contribution in [2.75, 3.05) is 39.8 Å². The van der Waals surface area contributed by atoms with Crippen molar-refractivity contribution < 1.29 is 4.74 Å². The van der Waals surface area contributed by atoms with E-state index in [1.165, 1.54) is 12.8 Å². The van der Waals surface area contributed by atoms with Gasteiger partial charge in [0.1, 0.15) is 0 Å². The fraction of sp³-hybridized carbons (Fsp3) is 0.941. The van der Waals surface area contributed by atoms with Gasteiger partial charge < -0.3 is 15.4 Å². The van der Waals surface area contributed by atoms with E-state index in [0.29, 0.717) is 6.10 Å². The second-order valence-electron chi connectivity index (χ2n) is 7.60. The minimum Gasteiger partial charge on any atom is -0.381 e. The van der Waals surface area contributed by atoms with Crippen LogP contribution in [0.2, 0.25) is 0 Å². The molecule has 2 aliphatic rings. The van der Waals surface area contributed by atoms with E-state index >= 15 is 0 Å². The highest BCUT2D eigenvalue weighted by molar-refractivity contribution is 5.78. The van der Waals surface area contributed by atoms with Crippen molar-refractivity contribution in [2.24, 2.45) is 16.6 Å². The number of aliphatic imine (C=N–C) groups is 1. The number of hydrogen-bond donors (Lipinski definition) is 1. The van der Waals surface area contributed by atoms with Crippen LogP contribution in [0.5, 0.6) is 0 Å². The highest BCUT2D eigenvalue weighted by atomic mass is 16.5. The Morgan fingerprint density at radius 3 is 2.50 bits per heavy atom. The van der Waals surface area contributed by atoms with Crippen LogP contribution in [0, 0.1) is 5.92 Å². The van der Waals surface area contributed by atoms with Gasteiger partial charge in [-0.3, -0.25) is 9.89 Å². The molecule has 128 valence electrons. The maximum atomic E-state index is 6.23. The van der Waals surface area contributed by atoms with Crippen LogP contribution in [0.4, 0.5) is 0 Å². The van der Waals surface area contributed by atoms with Gasteiger partial charge in [0.2, 0.25) is 0 Å². The maximum Gasteiger partial charge on any atom is 0.191 e. The van der Waals surface area contributed by atoms with Crippen LogP contribution >= 0.6 is 0 Å². The van der Waals surface area contributed by atoms with E-state index in [1.807, 2.05) is 7.11 Å². The average molecular weight is 310 g/mol. The van der Waals surface area contributed by atoms with Crippen LogP contribution < -0.4 is 5.73 Å². The zero-order valence-electron chi connectivity index (χ0n) is 14.8. The van der Waals surface area contributed by atoms with Gasteiger partial charge in [0.05, 0.1) is 12.6 Å². The molecule has 2 rings (SSSR count). The molecule has 0 spiro atoms. The Morgan fingerprint density at radius 2 is 1.91 bits per heavy atom. The Balaban J connectivity index is 1.86. The molecule has 1 unspecified atom stereocenters. The number of methoxy groups -OCH3 is 1. The number of likely N-dealkylation sites (tertiary alicyclic amines) is 2. The lowest BCUT2D eigenvalue weighted by Gasteiger charge is -2.42. The summed E-state index contributed by atoms with van der Waals surface area (Å²) in [4.78, 5) is 9.49. The van der Waals surface area contributed by atoms with Crippen LogP contribution in [0.25, 0.3) is 0 Å². The van der Waals surface area contributed by atoms with Crippen molar-refractivity contribution in [3.8, 4) is 0 Å². The van der Waals surface area contributed by atoms with Crippen molar-refractivity contribution in [2.45, 2.75) is 58.1 Å². The predicted octanol–water partition coefficient (Wildman–Crippen LogP) is 1.92. The summed E-state index contributed by atoms with van der Waals surface area (Å²) < 4.78 is 5.46. The lowest BCUT2D eigenvalue weighted by Crippen LogP contribution is -2.52. The first-order chi connectivity index (χ1) is 10.4. The highest BCUT2D eigenvalue weighted by Gasteiger charge is 2.30. The molecule has 0 aromatic carbocycles. The largest absolute Gasteiger partial charge is 0.381 e. The summed E-state index contributed by atoms with van der Waals surface area (Å²) in [5.41, 5.74) is 6.29. The maximum absolute atomic E-state index is 6.23. The van der Waals surface area contributed by atoms with Crippen LogP contribution in [0.15, 0.2) is 4.99 Å². The van der Waals surface area contributed by atoms with E-state index in [1.54, 1.807) is 0 Å². The van der Waals surface area contributed by atoms with Gasteiger partial charge >= 0.3 is 0 Å². The molecular weight excluding hydrogens is 276 g/mol. The molecule has 0 amide bonds. The molecule has 2 fully saturated rings. The highest BCUT2D eigenvalue weighted by Crippen LogP contribution is 2.22. The third kappa shape index (κ3) is 4.59. The SMILES string of the molecule is COC1CCN(C(C)(C)CN=C(N)N2CCCC(C)C2)CC1.